The van der Waals surface area contributed by atoms with Crippen molar-refractivity contribution >= 4 is 17.7 Å². The number of ether oxygens (including phenoxy) is 1. The normalized spacial score (nSPS) is 23.9. The molecule has 0 spiro atoms. The number of benzene rings is 1. The van der Waals surface area contributed by atoms with Crippen LogP contribution in [-0.4, -0.2) is 18.6 Å². The van der Waals surface area contributed by atoms with E-state index in [1.165, 1.54) is 18.4 Å². The van der Waals surface area contributed by atoms with E-state index < -0.39 is 0 Å². The predicted molar refractivity (Wildman–Crippen MR) is 106 cm³/mol. The number of carbonyl (C=O) groups excluding carboxylic acids is 1. The molecule has 3 nitrogen and oxygen atoms in total. The summed E-state index contributed by atoms with van der Waals surface area (Å²) < 4.78 is 5.96. The fraction of sp³-hybridized carbons (Fsp3) is 0.571. The molecule has 3 unspecified atom stereocenters. The first-order chi connectivity index (χ1) is 12.1. The van der Waals surface area contributed by atoms with Crippen LogP contribution in [0.25, 0.3) is 0 Å². The van der Waals surface area contributed by atoms with Crippen molar-refractivity contribution < 1.29 is 9.53 Å². The van der Waals surface area contributed by atoms with Gasteiger partial charge in [0.2, 0.25) is 5.91 Å². The average molecular weight is 362 g/mol. The number of nitrogens with one attached hydrogen (secondary N) is 1. The number of thioether (sulfide) groups is 1. The van der Waals surface area contributed by atoms with Crippen LogP contribution in [0.1, 0.15) is 45.6 Å². The van der Waals surface area contributed by atoms with E-state index in [0.29, 0.717) is 17.8 Å². The van der Waals surface area contributed by atoms with Gasteiger partial charge in [0.1, 0.15) is 6.61 Å². The standard InChI is InChI=1S/C21H31NO2S/c1-16(2)19-10-9-17(3)13-20(19)24-14-21(23)22-11-12-25-15-18-7-5-4-6-8-18/h4-8,11-12,16-17,19-20H,9-10,13-15H2,1-3H3,(H,22,23). The molecular formula is C21H31NO2S. The monoisotopic (exact) mass is 361 g/mol. The summed E-state index contributed by atoms with van der Waals surface area (Å²) in [5.74, 6) is 2.70. The lowest BCUT2D eigenvalue weighted by molar-refractivity contribution is -0.130. The first-order valence-corrected chi connectivity index (χ1v) is 10.3. The SMILES string of the molecule is CC1CCC(C(C)C)C(OCC(=O)NC=CSCc2ccccc2)C1. The van der Waals surface area contributed by atoms with E-state index in [1.807, 2.05) is 23.6 Å². The number of carbonyl (C=O) groups is 1. The molecule has 4 heteroatoms. The smallest absolute Gasteiger partial charge is 0.249 e. The van der Waals surface area contributed by atoms with Crippen LogP contribution in [0.15, 0.2) is 41.9 Å². The van der Waals surface area contributed by atoms with Crippen molar-refractivity contribution in [2.75, 3.05) is 6.61 Å². The minimum Gasteiger partial charge on any atom is -0.368 e. The molecule has 1 N–H and O–H groups in total. The lowest BCUT2D eigenvalue weighted by atomic mass is 9.75. The van der Waals surface area contributed by atoms with Crippen molar-refractivity contribution in [3.8, 4) is 0 Å². The summed E-state index contributed by atoms with van der Waals surface area (Å²) in [6.07, 6.45) is 5.48. The summed E-state index contributed by atoms with van der Waals surface area (Å²) in [5, 5.41) is 4.72. The Morgan fingerprint density at radius 2 is 2.08 bits per heavy atom. The highest BCUT2D eigenvalue weighted by Crippen LogP contribution is 2.35. The molecule has 0 heterocycles. The van der Waals surface area contributed by atoms with Crippen molar-refractivity contribution in [1.29, 1.82) is 0 Å². The fourth-order valence-electron chi connectivity index (χ4n) is 3.42. The van der Waals surface area contributed by atoms with E-state index in [9.17, 15) is 4.79 Å². The van der Waals surface area contributed by atoms with Crippen LogP contribution in [0, 0.1) is 17.8 Å². The second kappa shape index (κ2) is 10.7. The number of hydrogen-bond donors (Lipinski definition) is 1. The average Bonchev–Trinajstić information content (AvgIpc) is 2.60. The number of hydrogen-bond acceptors (Lipinski definition) is 3. The Morgan fingerprint density at radius 1 is 1.32 bits per heavy atom. The van der Waals surface area contributed by atoms with E-state index in [-0.39, 0.29) is 18.6 Å². The van der Waals surface area contributed by atoms with Gasteiger partial charge in [-0.3, -0.25) is 4.79 Å². The van der Waals surface area contributed by atoms with Gasteiger partial charge in [0.25, 0.3) is 0 Å². The van der Waals surface area contributed by atoms with Gasteiger partial charge < -0.3 is 10.1 Å². The largest absolute Gasteiger partial charge is 0.368 e. The Labute approximate surface area is 156 Å². The molecule has 1 aliphatic rings. The number of rotatable bonds is 8. The zero-order chi connectivity index (χ0) is 18.1. The molecule has 138 valence electrons. The molecule has 25 heavy (non-hydrogen) atoms. The van der Waals surface area contributed by atoms with Gasteiger partial charge in [-0.1, -0.05) is 57.5 Å². The number of amides is 1. The maximum absolute atomic E-state index is 12.0. The van der Waals surface area contributed by atoms with Crippen LogP contribution in [0.2, 0.25) is 0 Å². The fourth-order valence-corrected chi connectivity index (χ4v) is 4.07. The summed E-state index contributed by atoms with van der Waals surface area (Å²) in [5.41, 5.74) is 1.28. The molecular weight excluding hydrogens is 330 g/mol. The summed E-state index contributed by atoms with van der Waals surface area (Å²) in [6.45, 7) is 6.93. The molecule has 1 fully saturated rings. The van der Waals surface area contributed by atoms with Gasteiger partial charge in [-0.05, 0) is 41.6 Å². The van der Waals surface area contributed by atoms with Gasteiger partial charge in [0, 0.05) is 12.0 Å². The van der Waals surface area contributed by atoms with Gasteiger partial charge in [-0.25, -0.2) is 0 Å². The molecule has 3 atom stereocenters. The molecule has 1 saturated carbocycles. The molecule has 1 aromatic carbocycles. The van der Waals surface area contributed by atoms with Crippen LogP contribution in [0.4, 0.5) is 0 Å². The van der Waals surface area contributed by atoms with Gasteiger partial charge >= 0.3 is 0 Å². The Morgan fingerprint density at radius 3 is 2.80 bits per heavy atom. The van der Waals surface area contributed by atoms with Crippen molar-refractivity contribution in [2.45, 2.75) is 51.9 Å². The first-order valence-electron chi connectivity index (χ1n) is 9.27. The first kappa shape index (κ1) is 20.1. The maximum atomic E-state index is 12.0. The summed E-state index contributed by atoms with van der Waals surface area (Å²) >= 11 is 1.66. The topological polar surface area (TPSA) is 38.3 Å². The summed E-state index contributed by atoms with van der Waals surface area (Å²) in [6, 6.07) is 10.3. The highest BCUT2D eigenvalue weighted by atomic mass is 32.2. The predicted octanol–water partition coefficient (Wildman–Crippen LogP) is 4.98. The minimum absolute atomic E-state index is 0.0720. The van der Waals surface area contributed by atoms with Crippen LogP contribution < -0.4 is 5.32 Å². The van der Waals surface area contributed by atoms with Crippen LogP contribution in [0.3, 0.4) is 0 Å². The second-order valence-electron chi connectivity index (χ2n) is 7.34. The molecule has 0 aliphatic heterocycles. The quantitative estimate of drug-likeness (QED) is 0.709. The van der Waals surface area contributed by atoms with E-state index >= 15 is 0 Å². The van der Waals surface area contributed by atoms with E-state index in [2.05, 4.69) is 38.2 Å². The second-order valence-corrected chi connectivity index (χ2v) is 8.24. The third-order valence-corrected chi connectivity index (χ3v) is 5.72. The Kier molecular flexibility index (Phi) is 8.56. The highest BCUT2D eigenvalue weighted by Gasteiger charge is 2.31. The van der Waals surface area contributed by atoms with Gasteiger partial charge in [-0.2, -0.15) is 0 Å². The maximum Gasteiger partial charge on any atom is 0.249 e. The molecule has 1 aliphatic carbocycles. The third kappa shape index (κ3) is 7.25. The molecule has 2 rings (SSSR count). The Bertz CT molecular complexity index is 544. The minimum atomic E-state index is -0.0720. The van der Waals surface area contributed by atoms with Crippen molar-refractivity contribution in [2.24, 2.45) is 17.8 Å². The van der Waals surface area contributed by atoms with Crippen LogP contribution >= 0.6 is 11.8 Å². The van der Waals surface area contributed by atoms with E-state index in [1.54, 1.807) is 18.0 Å². The van der Waals surface area contributed by atoms with E-state index in [4.69, 9.17) is 4.74 Å². The molecule has 0 bridgehead atoms. The third-order valence-electron chi connectivity index (χ3n) is 4.89. The van der Waals surface area contributed by atoms with Gasteiger partial charge in [0.05, 0.1) is 6.10 Å². The van der Waals surface area contributed by atoms with Crippen LogP contribution in [-0.2, 0) is 15.3 Å². The Hall–Kier alpha value is -1.26. The molecule has 0 saturated heterocycles. The van der Waals surface area contributed by atoms with Crippen molar-refractivity contribution in [3.63, 3.8) is 0 Å². The molecule has 0 aromatic heterocycles. The van der Waals surface area contributed by atoms with E-state index in [0.717, 1.165) is 12.2 Å². The van der Waals surface area contributed by atoms with Gasteiger partial charge in [-0.15, -0.1) is 11.8 Å². The lowest BCUT2D eigenvalue weighted by Gasteiger charge is -2.37. The van der Waals surface area contributed by atoms with Crippen molar-refractivity contribution in [1.82, 2.24) is 5.32 Å². The zero-order valence-electron chi connectivity index (χ0n) is 15.6. The lowest BCUT2D eigenvalue weighted by Crippen LogP contribution is -2.36. The molecule has 0 radical (unpaired) electrons. The highest BCUT2D eigenvalue weighted by molar-refractivity contribution is 8.01. The Balaban J connectivity index is 1.66. The van der Waals surface area contributed by atoms with Crippen molar-refractivity contribution in [3.05, 3.63) is 47.5 Å². The van der Waals surface area contributed by atoms with Gasteiger partial charge in [0.15, 0.2) is 0 Å². The zero-order valence-corrected chi connectivity index (χ0v) is 16.4. The summed E-state index contributed by atoms with van der Waals surface area (Å²) in [7, 11) is 0. The molecule has 1 aromatic rings. The van der Waals surface area contributed by atoms with Crippen LogP contribution in [0.5, 0.6) is 0 Å². The summed E-state index contributed by atoms with van der Waals surface area (Å²) in [4.78, 5) is 12.0. The molecule has 1 amide bonds.